The van der Waals surface area contributed by atoms with E-state index in [0.29, 0.717) is 11.5 Å². The molecule has 2 aromatic rings. The Hall–Kier alpha value is -2.24. The topological polar surface area (TPSA) is 51.5 Å². The minimum atomic E-state index is -0.451. The molecule has 2 aliphatic heterocycles. The molecule has 2 aromatic carbocycles. The number of ether oxygens (including phenoxy) is 1. The summed E-state index contributed by atoms with van der Waals surface area (Å²) in [5, 5.41) is 9.77. The van der Waals surface area contributed by atoms with Gasteiger partial charge in [-0.05, 0) is 0 Å². The summed E-state index contributed by atoms with van der Waals surface area (Å²) >= 11 is 0. The van der Waals surface area contributed by atoms with Gasteiger partial charge in [-0.15, -0.1) is 0 Å². The third-order valence-electron chi connectivity index (χ3n) is 3.37. The summed E-state index contributed by atoms with van der Waals surface area (Å²) in [5.41, 5.74) is 1.90. The van der Waals surface area contributed by atoms with E-state index in [1.54, 1.807) is 12.1 Å². The molecule has 0 amide bonds. The molecule has 0 bridgehead atoms. The van der Waals surface area contributed by atoms with Gasteiger partial charge in [0.2, 0.25) is 0 Å². The fourth-order valence-corrected chi connectivity index (χ4v) is 3.20. The molecule has 2 heterocycles. The quantitative estimate of drug-likeness (QED) is 0.644. The van der Waals surface area contributed by atoms with Crippen LogP contribution in [0.2, 0.25) is 0 Å². The van der Waals surface area contributed by atoms with E-state index >= 15 is 0 Å². The molecule has 1 unspecified atom stereocenters. The first-order valence-corrected chi connectivity index (χ1v) is 7.30. The summed E-state index contributed by atoms with van der Waals surface area (Å²) in [5.74, 6) is 2.21. The largest absolute Gasteiger partial charge is 0.648 e. The Morgan fingerprint density at radius 2 is 1.90 bits per heavy atom. The molecular formula is C15H12O4Si. The lowest BCUT2D eigenvalue weighted by atomic mass is 10.0. The normalized spacial score (nSPS) is 19.4. The van der Waals surface area contributed by atoms with Gasteiger partial charge in [0.05, 0.1) is 5.75 Å². The van der Waals surface area contributed by atoms with Crippen molar-refractivity contribution in [3.63, 3.8) is 0 Å². The van der Waals surface area contributed by atoms with Crippen molar-refractivity contribution in [3.8, 4) is 17.2 Å². The van der Waals surface area contributed by atoms with Crippen molar-refractivity contribution >= 4 is 15.8 Å². The third-order valence-corrected chi connectivity index (χ3v) is 4.18. The number of aliphatic hydroxyl groups is 1. The van der Waals surface area contributed by atoms with E-state index in [2.05, 4.69) is 4.43 Å². The first kappa shape index (κ1) is 11.6. The zero-order chi connectivity index (χ0) is 13.5. The number of hydrogen-bond acceptors (Lipinski definition) is 3. The highest BCUT2D eigenvalue weighted by atomic mass is 28.3. The number of benzene rings is 2. The first-order chi connectivity index (χ1) is 9.81. The highest BCUT2D eigenvalue weighted by Crippen LogP contribution is 2.46. The van der Waals surface area contributed by atoms with E-state index in [0.717, 1.165) is 16.9 Å². The molecule has 0 aliphatic carbocycles. The van der Waals surface area contributed by atoms with Crippen molar-refractivity contribution in [3.05, 3.63) is 59.7 Å². The predicted molar refractivity (Wildman–Crippen MR) is 75.9 cm³/mol. The van der Waals surface area contributed by atoms with Gasteiger partial charge in [-0.25, -0.2) is 0 Å². The summed E-state index contributed by atoms with van der Waals surface area (Å²) in [6, 6.07) is 13.1. The molecule has 0 radical (unpaired) electrons. The Bertz CT molecular complexity index is 697. The molecule has 0 spiro atoms. The standard InChI is InChI=1S/C15H12O4Si/c16-10-6-12-15-13(7-10)18-20-19-14(15)8-11(17-12)9-4-2-1-3-5-9/h1-8,14,16,19-20H. The number of aromatic hydroxyl groups is 1. The molecule has 0 saturated carbocycles. The highest BCUT2D eigenvalue weighted by molar-refractivity contribution is 6.19. The molecule has 0 saturated heterocycles. The molecule has 0 fully saturated rings. The molecular weight excluding hydrogens is 272 g/mol. The predicted octanol–water partition coefficient (Wildman–Crippen LogP) is 2.05. The van der Waals surface area contributed by atoms with Crippen LogP contribution in [0.3, 0.4) is 0 Å². The Morgan fingerprint density at radius 3 is 2.75 bits per heavy atom. The van der Waals surface area contributed by atoms with Gasteiger partial charge in [-0.3, -0.25) is 0 Å². The van der Waals surface area contributed by atoms with Crippen molar-refractivity contribution < 1.29 is 18.7 Å². The van der Waals surface area contributed by atoms with Crippen LogP contribution in [0.1, 0.15) is 17.2 Å². The minimum Gasteiger partial charge on any atom is -0.648 e. The Labute approximate surface area is 118 Å². The minimum absolute atomic E-state index is 0.0479. The second-order valence-corrected chi connectivity index (χ2v) is 5.42. The number of phenolic OH excluding ortho intramolecular Hbond substituents is 1. The smallest absolute Gasteiger partial charge is 0.368 e. The summed E-state index contributed by atoms with van der Waals surface area (Å²) < 4.78 is 16.0. The maximum absolute atomic E-state index is 9.77. The second-order valence-electron chi connectivity index (χ2n) is 4.67. The van der Waals surface area contributed by atoms with Gasteiger partial charge in [0.15, 0.2) is 6.10 Å². The van der Waals surface area contributed by atoms with Crippen molar-refractivity contribution in [2.75, 3.05) is 0 Å². The summed E-state index contributed by atoms with van der Waals surface area (Å²) in [6.45, 7) is 0. The van der Waals surface area contributed by atoms with Crippen LogP contribution in [0.4, 0.5) is 0 Å². The fourth-order valence-electron chi connectivity index (χ4n) is 2.47. The van der Waals surface area contributed by atoms with Crippen LogP contribution in [-0.2, 0) is 0 Å². The van der Waals surface area contributed by atoms with Crippen molar-refractivity contribution in [2.45, 2.75) is 6.10 Å². The van der Waals surface area contributed by atoms with E-state index in [-0.39, 0.29) is 11.9 Å². The first-order valence-electron chi connectivity index (χ1n) is 6.31. The van der Waals surface area contributed by atoms with E-state index in [4.69, 9.17) is 9.16 Å². The van der Waals surface area contributed by atoms with Gasteiger partial charge in [-0.1, -0.05) is 30.3 Å². The van der Waals surface area contributed by atoms with Gasteiger partial charge in [0.1, 0.15) is 22.8 Å². The van der Waals surface area contributed by atoms with Crippen LogP contribution in [0.5, 0.6) is 17.2 Å². The van der Waals surface area contributed by atoms with Gasteiger partial charge in [0.25, 0.3) is 0 Å². The zero-order valence-electron chi connectivity index (χ0n) is 10.5. The molecule has 0 aromatic heterocycles. The number of phenols is 1. The van der Waals surface area contributed by atoms with Gasteiger partial charge < -0.3 is 18.7 Å². The lowest BCUT2D eigenvalue weighted by molar-refractivity contribution is 0.0476. The Kier molecular flexibility index (Phi) is 2.54. The summed E-state index contributed by atoms with van der Waals surface area (Å²) in [6.07, 6.45) is 1.96. The molecule has 2 aliphatic rings. The lowest BCUT2D eigenvalue weighted by Gasteiger charge is -2.33. The monoisotopic (exact) mass is 284 g/mol. The molecule has 20 heavy (non-hydrogen) atoms. The average Bonchev–Trinajstić information content (AvgIpc) is 2.48. The summed E-state index contributed by atoms with van der Waals surface area (Å²) in [4.78, 5) is 0. The third kappa shape index (κ3) is 1.79. The van der Waals surface area contributed by atoms with E-state index in [1.165, 1.54) is 0 Å². The second kappa shape index (κ2) is 4.40. The molecule has 4 nitrogen and oxygen atoms in total. The Balaban J connectivity index is 1.84. The van der Waals surface area contributed by atoms with Crippen molar-refractivity contribution in [1.29, 1.82) is 0 Å². The lowest BCUT2D eigenvalue weighted by Crippen LogP contribution is -2.26. The van der Waals surface area contributed by atoms with Crippen molar-refractivity contribution in [1.82, 2.24) is 0 Å². The van der Waals surface area contributed by atoms with E-state index in [9.17, 15) is 5.11 Å². The summed E-state index contributed by atoms with van der Waals surface area (Å²) in [7, 11) is -0.451. The SMILES string of the molecule is Oc1cc2c3c(c1)OC(c1ccccc1)=CC3[OH+][SiH-]O2. The zero-order valence-corrected chi connectivity index (χ0v) is 11.6. The van der Waals surface area contributed by atoms with Crippen LogP contribution < -0.4 is 9.16 Å². The molecule has 4 rings (SSSR count). The van der Waals surface area contributed by atoms with Crippen LogP contribution in [-0.4, -0.2) is 19.5 Å². The van der Waals surface area contributed by atoms with Gasteiger partial charge >= 0.3 is 10.0 Å². The maximum Gasteiger partial charge on any atom is 0.368 e. The van der Waals surface area contributed by atoms with Gasteiger partial charge in [-0.2, -0.15) is 0 Å². The highest BCUT2D eigenvalue weighted by Gasteiger charge is 2.31. The number of hydrogen-bond donors (Lipinski definition) is 1. The van der Waals surface area contributed by atoms with Crippen LogP contribution >= 0.6 is 0 Å². The van der Waals surface area contributed by atoms with Gasteiger partial charge in [0, 0.05) is 23.8 Å². The van der Waals surface area contributed by atoms with Crippen LogP contribution in [0, 0.1) is 0 Å². The average molecular weight is 284 g/mol. The molecule has 5 heteroatoms. The molecule has 100 valence electrons. The molecule has 1 atom stereocenters. The Morgan fingerprint density at radius 1 is 1.10 bits per heavy atom. The van der Waals surface area contributed by atoms with Crippen LogP contribution in [0.25, 0.3) is 5.76 Å². The van der Waals surface area contributed by atoms with E-state index in [1.807, 2.05) is 36.4 Å². The van der Waals surface area contributed by atoms with E-state index < -0.39 is 10.0 Å². The van der Waals surface area contributed by atoms with Crippen LogP contribution in [0.15, 0.2) is 48.5 Å². The number of rotatable bonds is 1. The maximum atomic E-state index is 9.77. The van der Waals surface area contributed by atoms with Crippen molar-refractivity contribution in [2.24, 2.45) is 0 Å². The molecule has 2 N–H and O–H groups in total. The fraction of sp³-hybridized carbons (Fsp3) is 0.0667.